The molecule has 1 aliphatic rings. The van der Waals surface area contributed by atoms with Gasteiger partial charge in [-0.25, -0.2) is 0 Å². The molecule has 3 atom stereocenters. The van der Waals surface area contributed by atoms with Crippen molar-refractivity contribution in [2.24, 2.45) is 5.92 Å². The monoisotopic (exact) mass is 382 g/mol. The Morgan fingerprint density at radius 3 is 2.89 bits per heavy atom. The fourth-order valence-electron chi connectivity index (χ4n) is 3.52. The van der Waals surface area contributed by atoms with Gasteiger partial charge in [0, 0.05) is 23.8 Å². The number of pyridine rings is 1. The third-order valence-corrected chi connectivity index (χ3v) is 5.09. The SMILES string of the molecule is CC(C)[C@H](CO)NC(=O)[C@H]1CN(c2ccc(C#N)c3ncccc23)C[C@@H](C)O1. The third-order valence-electron chi connectivity index (χ3n) is 5.09. The molecule has 1 aromatic heterocycles. The lowest BCUT2D eigenvalue weighted by atomic mass is 10.0. The minimum atomic E-state index is -0.640. The van der Waals surface area contributed by atoms with Gasteiger partial charge in [0.2, 0.25) is 0 Å². The quantitative estimate of drug-likeness (QED) is 0.819. The van der Waals surface area contributed by atoms with E-state index in [2.05, 4.69) is 21.3 Å². The normalized spacial score (nSPS) is 20.8. The van der Waals surface area contributed by atoms with Crippen molar-refractivity contribution in [3.63, 3.8) is 0 Å². The highest BCUT2D eigenvalue weighted by Crippen LogP contribution is 2.30. The number of carbonyl (C=O) groups excluding carboxylic acids is 1. The van der Waals surface area contributed by atoms with Crippen molar-refractivity contribution in [3.05, 3.63) is 36.0 Å². The average molecular weight is 382 g/mol. The zero-order chi connectivity index (χ0) is 20.3. The van der Waals surface area contributed by atoms with Crippen LogP contribution in [-0.4, -0.2) is 53.9 Å². The lowest BCUT2D eigenvalue weighted by molar-refractivity contribution is -0.138. The van der Waals surface area contributed by atoms with Crippen LogP contribution < -0.4 is 10.2 Å². The van der Waals surface area contributed by atoms with Gasteiger partial charge in [0.15, 0.2) is 6.10 Å². The lowest BCUT2D eigenvalue weighted by Crippen LogP contribution is -2.55. The summed E-state index contributed by atoms with van der Waals surface area (Å²) in [5, 5.41) is 22.6. The Morgan fingerprint density at radius 2 is 2.21 bits per heavy atom. The number of ether oxygens (including phenoxy) is 1. The fraction of sp³-hybridized carbons (Fsp3) is 0.476. The molecule has 7 nitrogen and oxygen atoms in total. The number of hydrogen-bond acceptors (Lipinski definition) is 6. The zero-order valence-electron chi connectivity index (χ0n) is 16.4. The number of nitrogens with zero attached hydrogens (tertiary/aromatic N) is 3. The molecule has 3 rings (SSSR count). The van der Waals surface area contributed by atoms with Gasteiger partial charge in [0.05, 0.1) is 36.4 Å². The molecular formula is C21H26N4O3. The highest BCUT2D eigenvalue weighted by molar-refractivity contribution is 5.95. The fourth-order valence-corrected chi connectivity index (χ4v) is 3.52. The first kappa shape index (κ1) is 20.1. The summed E-state index contributed by atoms with van der Waals surface area (Å²) in [6.07, 6.45) is 0.893. The van der Waals surface area contributed by atoms with Gasteiger partial charge in [-0.2, -0.15) is 5.26 Å². The molecule has 1 amide bonds. The molecule has 2 aromatic rings. The van der Waals surface area contributed by atoms with Crippen molar-refractivity contribution in [2.45, 2.75) is 39.0 Å². The van der Waals surface area contributed by atoms with E-state index in [-0.39, 0.29) is 30.6 Å². The summed E-state index contributed by atoms with van der Waals surface area (Å²) in [6.45, 7) is 6.75. The Labute approximate surface area is 164 Å². The molecule has 0 unspecified atom stereocenters. The summed E-state index contributed by atoms with van der Waals surface area (Å²) >= 11 is 0. The number of amides is 1. The number of rotatable bonds is 5. The van der Waals surface area contributed by atoms with Gasteiger partial charge >= 0.3 is 0 Å². The van der Waals surface area contributed by atoms with Crippen LogP contribution in [0.4, 0.5) is 5.69 Å². The first-order chi connectivity index (χ1) is 13.4. The van der Waals surface area contributed by atoms with Crippen molar-refractivity contribution in [2.75, 3.05) is 24.6 Å². The molecule has 7 heteroatoms. The van der Waals surface area contributed by atoms with Crippen molar-refractivity contribution >= 4 is 22.5 Å². The standard InChI is InChI=1S/C21H26N4O3/c1-13(2)17(12-26)24-21(27)19-11-25(10-14(3)28-19)18-7-6-15(9-22)20-16(18)5-4-8-23-20/h4-8,13-14,17,19,26H,10-12H2,1-3H3,(H,24,27)/t14-,17+,19-/m1/s1. The number of benzene rings is 1. The molecule has 0 aliphatic carbocycles. The van der Waals surface area contributed by atoms with E-state index in [4.69, 9.17) is 4.74 Å². The Bertz CT molecular complexity index is 893. The number of nitrogens with one attached hydrogen (secondary N) is 1. The van der Waals surface area contributed by atoms with Gasteiger partial charge in [-0.05, 0) is 37.1 Å². The van der Waals surface area contributed by atoms with E-state index in [1.54, 1.807) is 12.3 Å². The van der Waals surface area contributed by atoms with E-state index in [9.17, 15) is 15.2 Å². The van der Waals surface area contributed by atoms with Crippen molar-refractivity contribution < 1.29 is 14.6 Å². The van der Waals surface area contributed by atoms with E-state index in [0.29, 0.717) is 24.2 Å². The highest BCUT2D eigenvalue weighted by atomic mass is 16.5. The molecule has 0 radical (unpaired) electrons. The van der Waals surface area contributed by atoms with Gasteiger partial charge in [-0.3, -0.25) is 9.78 Å². The Hall–Kier alpha value is -2.69. The first-order valence-corrected chi connectivity index (χ1v) is 9.54. The summed E-state index contributed by atoms with van der Waals surface area (Å²) in [5.74, 6) is -0.0972. The van der Waals surface area contributed by atoms with Gasteiger partial charge in [-0.1, -0.05) is 13.8 Å². The topological polar surface area (TPSA) is 98.5 Å². The molecule has 28 heavy (non-hydrogen) atoms. The lowest BCUT2D eigenvalue weighted by Gasteiger charge is -2.38. The summed E-state index contributed by atoms with van der Waals surface area (Å²) in [7, 11) is 0. The molecule has 1 fully saturated rings. The van der Waals surface area contributed by atoms with Crippen LogP contribution in [0.3, 0.4) is 0 Å². The van der Waals surface area contributed by atoms with Gasteiger partial charge < -0.3 is 20.1 Å². The molecule has 0 spiro atoms. The number of morpholine rings is 1. The number of aliphatic hydroxyl groups is 1. The summed E-state index contributed by atoms with van der Waals surface area (Å²) < 4.78 is 5.88. The molecule has 0 bridgehead atoms. The zero-order valence-corrected chi connectivity index (χ0v) is 16.4. The van der Waals surface area contributed by atoms with Crippen LogP contribution in [0.25, 0.3) is 10.9 Å². The van der Waals surface area contributed by atoms with E-state index < -0.39 is 6.10 Å². The predicted octanol–water partition coefficient (Wildman–Crippen LogP) is 1.83. The van der Waals surface area contributed by atoms with Crippen LogP contribution in [0.1, 0.15) is 26.3 Å². The van der Waals surface area contributed by atoms with Crippen LogP contribution in [0, 0.1) is 17.2 Å². The van der Waals surface area contributed by atoms with Crippen molar-refractivity contribution in [1.29, 1.82) is 5.26 Å². The molecule has 2 N–H and O–H groups in total. The maximum absolute atomic E-state index is 12.7. The van der Waals surface area contributed by atoms with E-state index >= 15 is 0 Å². The largest absolute Gasteiger partial charge is 0.394 e. The molecule has 1 aliphatic heterocycles. The second-order valence-electron chi connectivity index (χ2n) is 7.53. The van der Waals surface area contributed by atoms with E-state index in [1.807, 2.05) is 39.0 Å². The Balaban J connectivity index is 1.87. The Kier molecular flexibility index (Phi) is 6.12. The third kappa shape index (κ3) is 4.08. The minimum Gasteiger partial charge on any atom is -0.394 e. The molecule has 0 saturated carbocycles. The predicted molar refractivity (Wildman–Crippen MR) is 107 cm³/mol. The van der Waals surface area contributed by atoms with Crippen LogP contribution in [0.5, 0.6) is 0 Å². The number of hydrogen-bond donors (Lipinski definition) is 2. The van der Waals surface area contributed by atoms with Crippen molar-refractivity contribution in [3.8, 4) is 6.07 Å². The second kappa shape index (κ2) is 8.55. The number of aromatic nitrogens is 1. The number of fused-ring (bicyclic) bond motifs is 1. The maximum Gasteiger partial charge on any atom is 0.251 e. The Morgan fingerprint density at radius 1 is 1.43 bits per heavy atom. The number of anilines is 1. The van der Waals surface area contributed by atoms with E-state index in [0.717, 1.165) is 11.1 Å². The first-order valence-electron chi connectivity index (χ1n) is 9.54. The molecular weight excluding hydrogens is 356 g/mol. The smallest absolute Gasteiger partial charge is 0.251 e. The molecule has 2 heterocycles. The van der Waals surface area contributed by atoms with Gasteiger partial charge in [0.25, 0.3) is 5.91 Å². The average Bonchev–Trinajstić information content (AvgIpc) is 2.70. The highest BCUT2D eigenvalue weighted by Gasteiger charge is 2.32. The molecule has 148 valence electrons. The van der Waals surface area contributed by atoms with Gasteiger partial charge in [-0.15, -0.1) is 0 Å². The van der Waals surface area contributed by atoms with E-state index in [1.165, 1.54) is 0 Å². The van der Waals surface area contributed by atoms with Crippen LogP contribution in [0.2, 0.25) is 0 Å². The van der Waals surface area contributed by atoms with Crippen LogP contribution in [-0.2, 0) is 9.53 Å². The molecule has 1 saturated heterocycles. The molecule has 1 aromatic carbocycles. The van der Waals surface area contributed by atoms with Gasteiger partial charge in [0.1, 0.15) is 6.07 Å². The summed E-state index contributed by atoms with van der Waals surface area (Å²) in [5.41, 5.74) is 2.11. The van der Waals surface area contributed by atoms with Crippen molar-refractivity contribution in [1.82, 2.24) is 10.3 Å². The summed E-state index contributed by atoms with van der Waals surface area (Å²) in [4.78, 5) is 19.2. The number of carbonyl (C=O) groups is 1. The minimum absolute atomic E-state index is 0.110. The number of nitriles is 1. The maximum atomic E-state index is 12.7. The summed E-state index contributed by atoms with van der Waals surface area (Å²) in [6, 6.07) is 9.33. The van der Waals surface area contributed by atoms with Crippen LogP contribution >= 0.6 is 0 Å². The number of aliphatic hydroxyl groups excluding tert-OH is 1. The van der Waals surface area contributed by atoms with Crippen LogP contribution in [0.15, 0.2) is 30.5 Å². The second-order valence-corrected chi connectivity index (χ2v) is 7.53.